The van der Waals surface area contributed by atoms with Crippen LogP contribution in [-0.4, -0.2) is 77.2 Å². The zero-order valence-corrected chi connectivity index (χ0v) is 29.5. The second kappa shape index (κ2) is 14.9. The van der Waals surface area contributed by atoms with Crippen molar-refractivity contribution >= 4 is 17.8 Å². The van der Waals surface area contributed by atoms with Crippen molar-refractivity contribution in [2.75, 3.05) is 26.3 Å². The van der Waals surface area contributed by atoms with Crippen LogP contribution in [0.15, 0.2) is 24.3 Å². The molecule has 0 radical (unpaired) electrons. The van der Waals surface area contributed by atoms with Gasteiger partial charge in [0.15, 0.2) is 0 Å². The molecule has 4 aliphatic carbocycles. The van der Waals surface area contributed by atoms with Gasteiger partial charge in [-0.05, 0) is 117 Å². The van der Waals surface area contributed by atoms with E-state index in [-0.39, 0.29) is 65.3 Å². The Labute approximate surface area is 291 Å². The van der Waals surface area contributed by atoms with Crippen LogP contribution in [0, 0.1) is 40.4 Å². The van der Waals surface area contributed by atoms with Crippen LogP contribution < -0.4 is 10.6 Å². The Hall–Kier alpha value is -2.69. The minimum atomic E-state index is -0.938. The lowest BCUT2D eigenvalue weighted by atomic mass is 9.42. The molecule has 5 aliphatic rings. The highest BCUT2D eigenvalue weighted by Gasteiger charge is 2.71. The highest BCUT2D eigenvalue weighted by atomic mass is 16.5. The van der Waals surface area contributed by atoms with Gasteiger partial charge in [-0.1, -0.05) is 32.4 Å². The fourth-order valence-electron chi connectivity index (χ4n) is 11.1. The van der Waals surface area contributed by atoms with E-state index >= 15 is 0 Å². The molecule has 6 rings (SSSR count). The molecule has 10 atom stereocenters. The summed E-state index contributed by atoms with van der Waals surface area (Å²) in [6, 6.07) is 7.00. The number of aliphatic hydroxyl groups is 2. The first-order valence-electron chi connectivity index (χ1n) is 18.9. The Balaban J connectivity index is 0.887. The number of esters is 1. The monoisotopic (exact) mass is 682 g/mol. The summed E-state index contributed by atoms with van der Waals surface area (Å²) in [4.78, 5) is 36.6. The zero-order valence-electron chi connectivity index (χ0n) is 29.5. The number of phenols is 1. The molecule has 2 amide bonds. The number of hydrogen-bond acceptors (Lipinski definition) is 8. The standard InChI is InChI=1S/C39H58N2O8/c1-37-16-13-29(48-24-35(45)40-18-5-3-4-6-34(44)41-19-15-25-7-10-28(42)11-8-25)21-27(37)9-12-31-32(37)22-33(43)38(2)30(14-17-39(31,38)47)26-20-36(46)49-23-26/h7-8,10-11,26-27,29-33,42-43,47H,3-6,9,12-24H2,1-2H3,(H,40,45)(H,41,44)/t26?,27?,29-,30+,31?,32?,33+,37-,38-,39-/m0/s1. The number of ether oxygens (including phenoxy) is 2. The third-order valence-corrected chi connectivity index (χ3v) is 13.9. The smallest absolute Gasteiger partial charge is 0.306 e. The molecule has 4 saturated carbocycles. The number of nitrogens with one attached hydrogen (secondary N) is 2. The molecule has 1 aliphatic heterocycles. The molecule has 0 spiro atoms. The fourth-order valence-corrected chi connectivity index (χ4v) is 11.1. The van der Waals surface area contributed by atoms with Crippen LogP contribution in [0.3, 0.4) is 0 Å². The molecule has 0 bridgehead atoms. The minimum Gasteiger partial charge on any atom is -0.508 e. The van der Waals surface area contributed by atoms with E-state index < -0.39 is 17.1 Å². The quantitative estimate of drug-likeness (QED) is 0.151. The Kier molecular flexibility index (Phi) is 11.0. The number of cyclic esters (lactones) is 1. The molecule has 1 saturated heterocycles. The lowest BCUT2D eigenvalue weighted by molar-refractivity contribution is -0.251. The number of aromatic hydroxyl groups is 1. The average Bonchev–Trinajstić information content (AvgIpc) is 3.63. The van der Waals surface area contributed by atoms with Gasteiger partial charge in [0.1, 0.15) is 12.4 Å². The molecule has 10 nitrogen and oxygen atoms in total. The van der Waals surface area contributed by atoms with Gasteiger partial charge in [-0.2, -0.15) is 0 Å². The molecule has 49 heavy (non-hydrogen) atoms. The second-order valence-corrected chi connectivity index (χ2v) is 16.4. The van der Waals surface area contributed by atoms with Gasteiger partial charge in [0.05, 0.1) is 30.8 Å². The molecule has 1 heterocycles. The SMILES string of the molecule is C[C@]12CC[C@H](OCC(=O)NCCCCCC(=O)NCCc3ccc(O)cc3)CC1CCC1C2C[C@@H](O)[C@]2(C)[C@@H](C3COC(=O)C3)CC[C@]12O. The summed E-state index contributed by atoms with van der Waals surface area (Å²) in [5, 5.41) is 39.5. The summed E-state index contributed by atoms with van der Waals surface area (Å²) in [7, 11) is 0. The molecule has 1 aromatic rings. The average molecular weight is 683 g/mol. The van der Waals surface area contributed by atoms with E-state index in [1.54, 1.807) is 12.1 Å². The summed E-state index contributed by atoms with van der Waals surface area (Å²) in [5.41, 5.74) is -0.492. The highest BCUT2D eigenvalue weighted by molar-refractivity contribution is 5.77. The van der Waals surface area contributed by atoms with Crippen LogP contribution in [0.4, 0.5) is 0 Å². The van der Waals surface area contributed by atoms with Crippen LogP contribution in [0.2, 0.25) is 0 Å². The van der Waals surface area contributed by atoms with E-state index in [1.807, 2.05) is 12.1 Å². The number of hydrogen-bond donors (Lipinski definition) is 5. The van der Waals surface area contributed by atoms with Crippen molar-refractivity contribution in [3.05, 3.63) is 29.8 Å². The third kappa shape index (κ3) is 7.24. The van der Waals surface area contributed by atoms with Gasteiger partial charge in [0.2, 0.25) is 11.8 Å². The lowest BCUT2D eigenvalue weighted by Gasteiger charge is -2.65. The summed E-state index contributed by atoms with van der Waals surface area (Å²) >= 11 is 0. The molecular weight excluding hydrogens is 624 g/mol. The molecule has 0 aromatic heterocycles. The van der Waals surface area contributed by atoms with E-state index in [9.17, 15) is 29.7 Å². The van der Waals surface area contributed by atoms with Gasteiger partial charge in [-0.15, -0.1) is 0 Å². The minimum absolute atomic E-state index is 0.0112. The molecule has 10 heteroatoms. The van der Waals surface area contributed by atoms with E-state index in [0.717, 1.165) is 69.8 Å². The van der Waals surface area contributed by atoms with Crippen LogP contribution in [-0.2, 0) is 30.3 Å². The van der Waals surface area contributed by atoms with Gasteiger partial charge in [0, 0.05) is 30.8 Å². The number of carbonyl (C=O) groups excluding carboxylic acids is 3. The molecule has 5 N–H and O–H groups in total. The van der Waals surface area contributed by atoms with Crippen LogP contribution in [0.1, 0.15) is 103 Å². The number of amides is 2. The molecule has 1 aromatic carbocycles. The maximum Gasteiger partial charge on any atom is 0.306 e. The maximum absolute atomic E-state index is 12.6. The third-order valence-electron chi connectivity index (χ3n) is 13.9. The van der Waals surface area contributed by atoms with E-state index in [1.165, 1.54) is 0 Å². The molecule has 5 fully saturated rings. The Morgan fingerprint density at radius 2 is 1.69 bits per heavy atom. The maximum atomic E-state index is 12.6. The predicted molar refractivity (Wildman–Crippen MR) is 183 cm³/mol. The number of benzene rings is 1. The second-order valence-electron chi connectivity index (χ2n) is 16.4. The van der Waals surface area contributed by atoms with Crippen molar-refractivity contribution in [2.24, 2.45) is 40.4 Å². The normalized spacial score (nSPS) is 38.2. The number of unbranched alkanes of at least 4 members (excludes halogenated alkanes) is 2. The van der Waals surface area contributed by atoms with Crippen molar-refractivity contribution in [3.8, 4) is 5.75 Å². The first kappa shape index (κ1) is 36.1. The van der Waals surface area contributed by atoms with Crippen LogP contribution in [0.25, 0.3) is 0 Å². The van der Waals surface area contributed by atoms with Gasteiger partial charge in [0.25, 0.3) is 0 Å². The number of aliphatic hydroxyl groups excluding tert-OH is 1. The largest absolute Gasteiger partial charge is 0.508 e. The van der Waals surface area contributed by atoms with Gasteiger partial charge >= 0.3 is 5.97 Å². The van der Waals surface area contributed by atoms with E-state index in [0.29, 0.717) is 51.3 Å². The van der Waals surface area contributed by atoms with Crippen LogP contribution in [0.5, 0.6) is 5.75 Å². The van der Waals surface area contributed by atoms with E-state index in [2.05, 4.69) is 24.5 Å². The van der Waals surface area contributed by atoms with Gasteiger partial charge in [-0.3, -0.25) is 14.4 Å². The topological polar surface area (TPSA) is 154 Å². The van der Waals surface area contributed by atoms with Crippen molar-refractivity contribution in [2.45, 2.75) is 122 Å². The first-order valence-corrected chi connectivity index (χ1v) is 18.9. The van der Waals surface area contributed by atoms with Crippen molar-refractivity contribution in [3.63, 3.8) is 0 Å². The Morgan fingerprint density at radius 3 is 2.45 bits per heavy atom. The van der Waals surface area contributed by atoms with E-state index in [4.69, 9.17) is 9.47 Å². The number of carbonyl (C=O) groups is 3. The van der Waals surface area contributed by atoms with Crippen LogP contribution >= 0.6 is 0 Å². The fraction of sp³-hybridized carbons (Fsp3) is 0.769. The Bertz CT molecular complexity index is 1340. The first-order chi connectivity index (χ1) is 23.4. The van der Waals surface area contributed by atoms with Crippen molar-refractivity contribution < 1.29 is 39.2 Å². The van der Waals surface area contributed by atoms with Crippen molar-refractivity contribution in [1.29, 1.82) is 0 Å². The summed E-state index contributed by atoms with van der Waals surface area (Å²) < 4.78 is 11.5. The summed E-state index contributed by atoms with van der Waals surface area (Å²) in [5.74, 6) is 0.958. The molecule has 272 valence electrons. The van der Waals surface area contributed by atoms with Gasteiger partial charge in [-0.25, -0.2) is 0 Å². The lowest BCUT2D eigenvalue weighted by Crippen LogP contribution is -2.67. The summed E-state index contributed by atoms with van der Waals surface area (Å²) in [6.45, 7) is 6.04. The highest BCUT2D eigenvalue weighted by Crippen LogP contribution is 2.70. The summed E-state index contributed by atoms with van der Waals surface area (Å²) in [6.07, 6.45) is 10.3. The number of rotatable bonds is 13. The number of fused-ring (bicyclic) bond motifs is 5. The van der Waals surface area contributed by atoms with Crippen molar-refractivity contribution in [1.82, 2.24) is 10.6 Å². The Morgan fingerprint density at radius 1 is 0.918 bits per heavy atom. The predicted octanol–water partition coefficient (Wildman–Crippen LogP) is 4.42. The molecular formula is C39H58N2O8. The number of phenolic OH excluding ortho intramolecular Hbond substituents is 1. The van der Waals surface area contributed by atoms with Gasteiger partial charge < -0.3 is 35.4 Å². The zero-order chi connectivity index (χ0) is 34.8. The molecule has 4 unspecified atom stereocenters.